The molecule has 0 N–H and O–H groups in total. The molecule has 0 atom stereocenters. The molecule has 9 rings (SSSR count). The molecule has 42 heavy (non-hydrogen) atoms. The molecule has 0 bridgehead atoms. The summed E-state index contributed by atoms with van der Waals surface area (Å²) < 4.78 is 0. The van der Waals surface area contributed by atoms with Crippen molar-refractivity contribution in [1.82, 2.24) is 0 Å². The Morgan fingerprint density at radius 3 is 1.21 bits per heavy atom. The molecule has 0 spiro atoms. The Morgan fingerprint density at radius 1 is 0.238 bits per heavy atom. The third-order valence-electron chi connectivity index (χ3n) is 9.02. The summed E-state index contributed by atoms with van der Waals surface area (Å²) in [5.41, 5.74) is 5.13. The van der Waals surface area contributed by atoms with Gasteiger partial charge >= 0.3 is 0 Å². The zero-order valence-electron chi connectivity index (χ0n) is 23.0. The molecule has 0 nitrogen and oxygen atoms in total. The molecule has 0 heterocycles. The van der Waals surface area contributed by atoms with E-state index in [0.29, 0.717) is 0 Å². The lowest BCUT2D eigenvalue weighted by Crippen LogP contribution is -1.92. The summed E-state index contributed by atoms with van der Waals surface area (Å²) in [6, 6.07) is 58.0. The van der Waals surface area contributed by atoms with Crippen molar-refractivity contribution in [3.63, 3.8) is 0 Å². The first-order chi connectivity index (χ1) is 20.9. The van der Waals surface area contributed by atoms with E-state index in [0.717, 1.165) is 0 Å². The smallest absolute Gasteiger partial charge is 0.00201 e. The van der Waals surface area contributed by atoms with Crippen LogP contribution in [0.15, 0.2) is 158 Å². The van der Waals surface area contributed by atoms with Crippen molar-refractivity contribution in [2.45, 2.75) is 0 Å². The van der Waals surface area contributed by atoms with Crippen LogP contribution in [0.4, 0.5) is 0 Å². The second-order valence-electron chi connectivity index (χ2n) is 11.2. The van der Waals surface area contributed by atoms with E-state index < -0.39 is 0 Å². The molecule has 0 aromatic heterocycles. The van der Waals surface area contributed by atoms with Crippen molar-refractivity contribution in [3.8, 4) is 22.3 Å². The van der Waals surface area contributed by atoms with Gasteiger partial charge in [-0.1, -0.05) is 152 Å². The van der Waals surface area contributed by atoms with E-state index in [1.807, 2.05) is 0 Å². The van der Waals surface area contributed by atoms with E-state index in [1.54, 1.807) is 0 Å². The molecular weight excluding hydrogens is 504 g/mol. The largest absolute Gasteiger partial charge is 0.0616 e. The Hall–Kier alpha value is -5.46. The number of benzene rings is 9. The van der Waals surface area contributed by atoms with Gasteiger partial charge in [0.2, 0.25) is 0 Å². The highest BCUT2D eigenvalue weighted by Crippen LogP contribution is 2.46. The van der Waals surface area contributed by atoms with Crippen LogP contribution in [0, 0.1) is 0 Å². The van der Waals surface area contributed by atoms with Crippen LogP contribution in [-0.2, 0) is 0 Å². The molecule has 0 heteroatoms. The molecule has 0 aliphatic rings. The van der Waals surface area contributed by atoms with Gasteiger partial charge < -0.3 is 0 Å². The standard InChI is InChI=1S/C42H26/c1-2-14-29-27(12-1)13-11-23-35(29)42-38-21-9-7-19-36(38)41(37-20-8-10-22-39(37)42)28-24-25-34-32-17-4-3-15-30(32)31-16-5-6-18-33(31)40(34)26-28/h1-26H. The Balaban J connectivity index is 1.43. The van der Waals surface area contributed by atoms with Crippen LogP contribution in [0.3, 0.4) is 0 Å². The summed E-state index contributed by atoms with van der Waals surface area (Å²) in [7, 11) is 0. The maximum absolute atomic E-state index is 2.43. The van der Waals surface area contributed by atoms with Crippen LogP contribution in [0.2, 0.25) is 0 Å². The quantitative estimate of drug-likeness (QED) is 0.154. The Morgan fingerprint density at radius 2 is 0.643 bits per heavy atom. The summed E-state index contributed by atoms with van der Waals surface area (Å²) in [5.74, 6) is 0. The van der Waals surface area contributed by atoms with Gasteiger partial charge in [-0.3, -0.25) is 0 Å². The van der Waals surface area contributed by atoms with E-state index in [4.69, 9.17) is 0 Å². The first-order valence-electron chi connectivity index (χ1n) is 14.6. The van der Waals surface area contributed by atoms with Crippen LogP contribution < -0.4 is 0 Å². The summed E-state index contributed by atoms with van der Waals surface area (Å²) in [6.07, 6.45) is 0. The summed E-state index contributed by atoms with van der Waals surface area (Å²) in [4.78, 5) is 0. The van der Waals surface area contributed by atoms with Gasteiger partial charge in [-0.2, -0.15) is 0 Å². The van der Waals surface area contributed by atoms with Crippen molar-refractivity contribution in [2.24, 2.45) is 0 Å². The van der Waals surface area contributed by atoms with Crippen molar-refractivity contribution in [2.75, 3.05) is 0 Å². The van der Waals surface area contributed by atoms with E-state index in [9.17, 15) is 0 Å². The molecular formula is C42H26. The highest BCUT2D eigenvalue weighted by molar-refractivity contribution is 6.27. The van der Waals surface area contributed by atoms with Crippen molar-refractivity contribution in [3.05, 3.63) is 158 Å². The highest BCUT2D eigenvalue weighted by atomic mass is 14.2. The lowest BCUT2D eigenvalue weighted by molar-refractivity contribution is 1.69. The van der Waals surface area contributed by atoms with Crippen LogP contribution in [0.1, 0.15) is 0 Å². The summed E-state index contributed by atoms with van der Waals surface area (Å²) >= 11 is 0. The van der Waals surface area contributed by atoms with Crippen LogP contribution in [0.25, 0.3) is 86.9 Å². The fraction of sp³-hybridized carbons (Fsp3) is 0. The molecule has 0 amide bonds. The maximum atomic E-state index is 2.43. The minimum atomic E-state index is 1.25. The van der Waals surface area contributed by atoms with Gasteiger partial charge in [0.05, 0.1) is 0 Å². The van der Waals surface area contributed by atoms with Crippen molar-refractivity contribution >= 4 is 64.6 Å². The predicted octanol–water partition coefficient (Wildman–Crippen LogP) is 11.9. The SMILES string of the molecule is c1ccc2c(-c3c4ccccc4c(-c4ccc5c6ccccc6c6ccccc6c5c4)c4ccccc34)cccc2c1. The molecule has 0 unspecified atom stereocenters. The number of hydrogen-bond donors (Lipinski definition) is 0. The number of rotatable bonds is 2. The summed E-state index contributed by atoms with van der Waals surface area (Å²) in [6.45, 7) is 0. The molecule has 194 valence electrons. The van der Waals surface area contributed by atoms with Crippen molar-refractivity contribution < 1.29 is 0 Å². The Kier molecular flexibility index (Phi) is 5.00. The van der Waals surface area contributed by atoms with Gasteiger partial charge in [-0.05, 0) is 93.0 Å². The Labute approximate surface area is 244 Å². The molecule has 9 aromatic carbocycles. The topological polar surface area (TPSA) is 0 Å². The van der Waals surface area contributed by atoms with Gasteiger partial charge in [-0.15, -0.1) is 0 Å². The number of hydrogen-bond acceptors (Lipinski definition) is 0. The van der Waals surface area contributed by atoms with E-state index in [-0.39, 0.29) is 0 Å². The third-order valence-corrected chi connectivity index (χ3v) is 9.02. The molecule has 9 aromatic rings. The summed E-state index contributed by atoms with van der Waals surface area (Å²) in [5, 5.41) is 15.5. The molecule has 0 fully saturated rings. The van der Waals surface area contributed by atoms with Gasteiger partial charge in [0.1, 0.15) is 0 Å². The Bertz CT molecular complexity index is 2420. The highest BCUT2D eigenvalue weighted by Gasteiger charge is 2.18. The lowest BCUT2D eigenvalue weighted by atomic mass is 9.84. The molecule has 0 saturated heterocycles. The fourth-order valence-electron chi connectivity index (χ4n) is 7.24. The normalized spacial score (nSPS) is 11.8. The second kappa shape index (κ2) is 9.03. The van der Waals surface area contributed by atoms with Crippen LogP contribution in [0.5, 0.6) is 0 Å². The van der Waals surface area contributed by atoms with Crippen molar-refractivity contribution in [1.29, 1.82) is 0 Å². The maximum Gasteiger partial charge on any atom is -0.00201 e. The second-order valence-corrected chi connectivity index (χ2v) is 11.2. The van der Waals surface area contributed by atoms with Gasteiger partial charge in [0, 0.05) is 0 Å². The van der Waals surface area contributed by atoms with Gasteiger partial charge in [-0.25, -0.2) is 0 Å². The van der Waals surface area contributed by atoms with E-state index in [2.05, 4.69) is 158 Å². The molecule has 0 aliphatic heterocycles. The first-order valence-corrected chi connectivity index (χ1v) is 14.6. The van der Waals surface area contributed by atoms with Gasteiger partial charge in [0.25, 0.3) is 0 Å². The van der Waals surface area contributed by atoms with E-state index in [1.165, 1.54) is 86.9 Å². The molecule has 0 saturated carbocycles. The van der Waals surface area contributed by atoms with Crippen LogP contribution >= 0.6 is 0 Å². The average molecular weight is 531 g/mol. The minimum Gasteiger partial charge on any atom is -0.0616 e. The minimum absolute atomic E-state index is 1.25. The molecule has 0 radical (unpaired) electrons. The fourth-order valence-corrected chi connectivity index (χ4v) is 7.24. The zero-order valence-corrected chi connectivity index (χ0v) is 23.0. The number of fused-ring (bicyclic) bond motifs is 9. The van der Waals surface area contributed by atoms with E-state index >= 15 is 0 Å². The van der Waals surface area contributed by atoms with Crippen LogP contribution in [-0.4, -0.2) is 0 Å². The monoisotopic (exact) mass is 530 g/mol. The zero-order chi connectivity index (χ0) is 27.6. The average Bonchev–Trinajstić information content (AvgIpc) is 3.07. The predicted molar refractivity (Wildman–Crippen MR) is 182 cm³/mol. The molecule has 0 aliphatic carbocycles. The van der Waals surface area contributed by atoms with Gasteiger partial charge in [0.15, 0.2) is 0 Å². The third kappa shape index (κ3) is 3.30. The first kappa shape index (κ1) is 23.3. The lowest BCUT2D eigenvalue weighted by Gasteiger charge is -2.19.